The second-order valence-corrected chi connectivity index (χ2v) is 14.3. The number of hydrogen-bond donors (Lipinski definition) is 4. The zero-order chi connectivity index (χ0) is 28.5. The van der Waals surface area contributed by atoms with Crippen LogP contribution in [0.3, 0.4) is 0 Å². The lowest BCUT2D eigenvalue weighted by atomic mass is 9.73. The lowest BCUT2D eigenvalue weighted by Crippen LogP contribution is -2.50. The van der Waals surface area contributed by atoms with Crippen molar-refractivity contribution in [1.82, 2.24) is 20.3 Å². The molecule has 4 aromatic carbocycles. The Morgan fingerprint density at radius 2 is 0.780 bits per heavy atom. The van der Waals surface area contributed by atoms with Gasteiger partial charge in [-0.15, -0.1) is 20.3 Å². The molecule has 5 heteroatoms. The van der Waals surface area contributed by atoms with Crippen molar-refractivity contribution in [3.8, 4) is 0 Å². The summed E-state index contributed by atoms with van der Waals surface area (Å²) in [5.41, 5.74) is 4.36. The zero-order valence-electron chi connectivity index (χ0n) is 24.7. The molecule has 6 rings (SSSR count). The van der Waals surface area contributed by atoms with Crippen molar-refractivity contribution >= 4 is 7.87 Å². The molecular weight excluding hydrogens is 519 g/mol. The molecule has 4 aromatic rings. The predicted octanol–water partition coefficient (Wildman–Crippen LogP) is 7.77. The van der Waals surface area contributed by atoms with Crippen LogP contribution in [-0.2, 0) is 11.1 Å². The molecule has 0 radical (unpaired) electrons. The van der Waals surface area contributed by atoms with Crippen LogP contribution in [0.2, 0.25) is 0 Å². The Hall–Kier alpha value is -2.85. The molecule has 4 nitrogen and oxygen atoms in total. The highest BCUT2D eigenvalue weighted by atomic mass is 31.2. The van der Waals surface area contributed by atoms with Gasteiger partial charge in [0.15, 0.2) is 0 Å². The van der Waals surface area contributed by atoms with E-state index in [1.807, 2.05) is 0 Å². The molecule has 1 spiro atoms. The van der Waals surface area contributed by atoms with Crippen molar-refractivity contribution in [2.45, 2.75) is 63.7 Å². The van der Waals surface area contributed by atoms with Crippen LogP contribution in [0.15, 0.2) is 121 Å². The Labute approximate surface area is 246 Å². The molecule has 3 unspecified atom stereocenters. The van der Waals surface area contributed by atoms with Crippen molar-refractivity contribution in [3.05, 3.63) is 144 Å². The summed E-state index contributed by atoms with van der Waals surface area (Å²) in [6, 6.07) is 44.6. The molecule has 4 N–H and O–H groups in total. The maximum Gasteiger partial charge on any atom is 0.301 e. The van der Waals surface area contributed by atoms with Crippen molar-refractivity contribution < 1.29 is 0 Å². The molecule has 2 heterocycles. The summed E-state index contributed by atoms with van der Waals surface area (Å²) in [6.07, 6.45) is 2.16. The molecule has 0 bridgehead atoms. The van der Waals surface area contributed by atoms with E-state index in [0.29, 0.717) is 11.8 Å². The van der Waals surface area contributed by atoms with E-state index in [9.17, 15) is 0 Å². The third-order valence-corrected chi connectivity index (χ3v) is 12.3. The molecule has 0 aliphatic carbocycles. The minimum absolute atomic E-state index is 0.172. The van der Waals surface area contributed by atoms with E-state index >= 15 is 0 Å². The first-order valence-corrected chi connectivity index (χ1v) is 17.0. The van der Waals surface area contributed by atoms with Gasteiger partial charge in [0.25, 0.3) is 0 Å². The summed E-state index contributed by atoms with van der Waals surface area (Å²) in [6.45, 7) is 9.41. The van der Waals surface area contributed by atoms with Crippen LogP contribution in [-0.4, -0.2) is 12.1 Å². The molecule has 2 aliphatic rings. The maximum atomic E-state index is 4.36. The van der Waals surface area contributed by atoms with Crippen LogP contribution in [0, 0.1) is 11.8 Å². The standard InChI is InChI=1S/C36H44N4P/c1-5-27(3)33-35(29-19-11-7-12-20-29,30-21-13-8-14-22-30)39-41(37-33)38-34(28(4)6-2)36(40-41,31-23-15-9-16-24-31)32-25-17-10-18-26-32/h7-28,33-34,37-40H,5-6H2,1-4H3/q+1/t27?,28?,33-,34+,41?. The Balaban J connectivity index is 1.58. The van der Waals surface area contributed by atoms with Gasteiger partial charge in [-0.25, -0.2) is 0 Å². The fraction of sp³-hybridized carbons (Fsp3) is 0.333. The van der Waals surface area contributed by atoms with E-state index in [4.69, 9.17) is 0 Å². The minimum Gasteiger partial charge on any atom is -0.140 e. The highest BCUT2D eigenvalue weighted by Crippen LogP contribution is 2.65. The van der Waals surface area contributed by atoms with E-state index in [1.165, 1.54) is 22.3 Å². The van der Waals surface area contributed by atoms with Crippen LogP contribution in [0.25, 0.3) is 0 Å². The summed E-state index contributed by atoms with van der Waals surface area (Å²) < 4.78 is 0. The first kappa shape index (κ1) is 28.3. The Morgan fingerprint density at radius 3 is 1.02 bits per heavy atom. The maximum absolute atomic E-state index is 4.36. The van der Waals surface area contributed by atoms with Gasteiger partial charge in [0.2, 0.25) is 0 Å². The second kappa shape index (κ2) is 11.4. The molecule has 212 valence electrons. The average molecular weight is 564 g/mol. The van der Waals surface area contributed by atoms with Gasteiger partial charge in [-0.1, -0.05) is 162 Å². The normalized spacial score (nSPS) is 26.1. The fourth-order valence-corrected chi connectivity index (χ4v) is 11.1. The van der Waals surface area contributed by atoms with Gasteiger partial charge in [-0.2, -0.15) is 0 Å². The predicted molar refractivity (Wildman–Crippen MR) is 173 cm³/mol. The van der Waals surface area contributed by atoms with E-state index in [-0.39, 0.29) is 12.1 Å². The molecule has 5 atom stereocenters. The molecule has 2 aliphatic heterocycles. The van der Waals surface area contributed by atoms with Crippen molar-refractivity contribution in [2.24, 2.45) is 11.8 Å². The van der Waals surface area contributed by atoms with Crippen LogP contribution in [0.5, 0.6) is 0 Å². The summed E-state index contributed by atoms with van der Waals surface area (Å²) >= 11 is 0. The summed E-state index contributed by atoms with van der Waals surface area (Å²) in [5, 5.41) is 17.3. The molecular formula is C36H44N4P+. The topological polar surface area (TPSA) is 48.1 Å². The Kier molecular flexibility index (Phi) is 7.89. The minimum atomic E-state index is -2.35. The highest BCUT2D eigenvalue weighted by molar-refractivity contribution is 7.69. The third kappa shape index (κ3) is 4.67. The first-order chi connectivity index (χ1) is 20.0. The molecule has 2 fully saturated rings. The van der Waals surface area contributed by atoms with Gasteiger partial charge in [0, 0.05) is 0 Å². The van der Waals surface area contributed by atoms with E-state index in [0.717, 1.165) is 12.8 Å². The van der Waals surface area contributed by atoms with Gasteiger partial charge >= 0.3 is 7.87 Å². The SMILES string of the molecule is CCC(C)[C@H]1N[P+]2(N[C@@H](C(C)CC)C(c3ccccc3)(c3ccccc3)N2)NC1(c1ccccc1)c1ccccc1. The second-order valence-electron chi connectivity index (χ2n) is 12.0. The number of rotatable bonds is 8. The lowest BCUT2D eigenvalue weighted by molar-refractivity contribution is 0.302. The van der Waals surface area contributed by atoms with Crippen LogP contribution < -0.4 is 20.3 Å². The molecule has 0 amide bonds. The summed E-state index contributed by atoms with van der Waals surface area (Å²) in [7, 11) is -2.35. The molecule has 41 heavy (non-hydrogen) atoms. The van der Waals surface area contributed by atoms with E-state index in [1.54, 1.807) is 0 Å². The number of benzene rings is 4. The molecule has 0 aromatic heterocycles. The quantitative estimate of drug-likeness (QED) is 0.166. The van der Waals surface area contributed by atoms with Crippen molar-refractivity contribution in [3.63, 3.8) is 0 Å². The zero-order valence-corrected chi connectivity index (χ0v) is 25.6. The van der Waals surface area contributed by atoms with Gasteiger partial charge in [0.05, 0.1) is 12.1 Å². The van der Waals surface area contributed by atoms with Gasteiger partial charge in [-0.3, -0.25) is 0 Å². The van der Waals surface area contributed by atoms with Crippen LogP contribution in [0.1, 0.15) is 62.8 Å². The summed E-state index contributed by atoms with van der Waals surface area (Å²) in [4.78, 5) is 0. The smallest absolute Gasteiger partial charge is 0.140 e. The third-order valence-electron chi connectivity index (χ3n) is 9.63. The number of hydrogen-bond acceptors (Lipinski definition) is 4. The molecule has 2 saturated heterocycles. The van der Waals surface area contributed by atoms with Crippen LogP contribution >= 0.6 is 7.87 Å². The fourth-order valence-electron chi connectivity index (χ4n) is 7.17. The number of nitrogens with one attached hydrogen (secondary N) is 4. The average Bonchev–Trinajstić information content (AvgIpc) is 3.58. The van der Waals surface area contributed by atoms with E-state index in [2.05, 4.69) is 169 Å². The Bertz CT molecular complexity index is 1220. The van der Waals surface area contributed by atoms with Crippen molar-refractivity contribution in [1.29, 1.82) is 0 Å². The lowest BCUT2D eigenvalue weighted by Gasteiger charge is -2.36. The first-order valence-electron chi connectivity index (χ1n) is 15.2. The van der Waals surface area contributed by atoms with Gasteiger partial charge < -0.3 is 0 Å². The largest absolute Gasteiger partial charge is 0.301 e. The van der Waals surface area contributed by atoms with Crippen molar-refractivity contribution in [2.75, 3.05) is 0 Å². The monoisotopic (exact) mass is 563 g/mol. The van der Waals surface area contributed by atoms with Gasteiger partial charge in [-0.05, 0) is 34.1 Å². The Morgan fingerprint density at radius 1 is 0.512 bits per heavy atom. The highest BCUT2D eigenvalue weighted by Gasteiger charge is 2.71. The van der Waals surface area contributed by atoms with Crippen LogP contribution in [0.4, 0.5) is 0 Å². The van der Waals surface area contributed by atoms with Gasteiger partial charge in [0.1, 0.15) is 11.1 Å². The molecule has 0 saturated carbocycles. The summed E-state index contributed by atoms with van der Waals surface area (Å²) in [5.74, 6) is 0.854. The van der Waals surface area contributed by atoms with E-state index < -0.39 is 18.9 Å².